The van der Waals surface area contributed by atoms with Crippen LogP contribution in [0.5, 0.6) is 0 Å². The predicted octanol–water partition coefficient (Wildman–Crippen LogP) is 4.27. The Kier molecular flexibility index (Phi) is 4.80. The van der Waals surface area contributed by atoms with Gasteiger partial charge in [0.05, 0.1) is 0 Å². The first-order valence-electron chi connectivity index (χ1n) is 5.71. The number of hydrogen-bond donors (Lipinski definition) is 1. The third-order valence-corrected chi connectivity index (χ3v) is 3.90. The predicted molar refractivity (Wildman–Crippen MR) is 74.7 cm³/mol. The maximum absolute atomic E-state index is 13.1. The molecule has 0 aromatic heterocycles. The zero-order valence-electron chi connectivity index (χ0n) is 10.00. The van der Waals surface area contributed by atoms with Crippen LogP contribution in [0.2, 0.25) is 5.02 Å². The van der Waals surface area contributed by atoms with Gasteiger partial charge in [0.25, 0.3) is 0 Å². The third-order valence-electron chi connectivity index (χ3n) is 2.56. The van der Waals surface area contributed by atoms with E-state index < -0.39 is 11.6 Å². The Balaban J connectivity index is 2.19. The Bertz CT molecular complexity index is 590. The topological polar surface area (TPSA) is 26.0 Å². The Morgan fingerprint density at radius 2 is 1.68 bits per heavy atom. The lowest BCUT2D eigenvalue weighted by molar-refractivity contribution is 0.506. The summed E-state index contributed by atoms with van der Waals surface area (Å²) in [7, 11) is 0. The van der Waals surface area contributed by atoms with Crippen molar-refractivity contribution in [3.8, 4) is 0 Å². The van der Waals surface area contributed by atoms with Gasteiger partial charge >= 0.3 is 0 Å². The van der Waals surface area contributed by atoms with Crippen LogP contribution < -0.4 is 5.73 Å². The van der Waals surface area contributed by atoms with Crippen LogP contribution in [0.25, 0.3) is 0 Å². The van der Waals surface area contributed by atoms with Crippen LogP contribution in [0.3, 0.4) is 0 Å². The van der Waals surface area contributed by atoms with Crippen LogP contribution in [-0.4, -0.2) is 6.54 Å². The van der Waals surface area contributed by atoms with Crippen LogP contribution in [0, 0.1) is 11.6 Å². The minimum atomic E-state index is -0.851. The maximum Gasteiger partial charge on any atom is 0.159 e. The van der Waals surface area contributed by atoms with Crippen molar-refractivity contribution in [3.05, 3.63) is 58.6 Å². The molecule has 5 heteroatoms. The summed E-state index contributed by atoms with van der Waals surface area (Å²) in [6, 6.07) is 9.41. The van der Waals surface area contributed by atoms with Gasteiger partial charge in [-0.25, -0.2) is 8.78 Å². The molecule has 19 heavy (non-hydrogen) atoms. The highest BCUT2D eigenvalue weighted by Gasteiger charge is 2.06. The summed E-state index contributed by atoms with van der Waals surface area (Å²) < 4.78 is 25.9. The first-order valence-corrected chi connectivity index (χ1v) is 6.91. The van der Waals surface area contributed by atoms with Crippen molar-refractivity contribution in [2.24, 2.45) is 5.73 Å². The Morgan fingerprint density at radius 1 is 1.00 bits per heavy atom. The molecule has 2 N–H and O–H groups in total. The molecule has 0 saturated heterocycles. The molecule has 0 atom stereocenters. The molecule has 0 aliphatic rings. The van der Waals surface area contributed by atoms with Crippen molar-refractivity contribution >= 4 is 23.4 Å². The molecule has 0 bridgehead atoms. The van der Waals surface area contributed by atoms with E-state index in [-0.39, 0.29) is 0 Å². The van der Waals surface area contributed by atoms with Gasteiger partial charge in [-0.2, -0.15) is 0 Å². The van der Waals surface area contributed by atoms with E-state index in [2.05, 4.69) is 0 Å². The molecule has 0 saturated carbocycles. The summed E-state index contributed by atoms with van der Waals surface area (Å²) in [5, 5.41) is 0.637. The van der Waals surface area contributed by atoms with Crippen LogP contribution in [0.15, 0.2) is 46.2 Å². The van der Waals surface area contributed by atoms with Crippen LogP contribution in [-0.2, 0) is 6.42 Å². The number of rotatable bonds is 4. The maximum atomic E-state index is 13.1. The van der Waals surface area contributed by atoms with Crippen LogP contribution in [0.1, 0.15) is 5.56 Å². The van der Waals surface area contributed by atoms with Gasteiger partial charge in [0, 0.05) is 14.8 Å². The fraction of sp³-hybridized carbons (Fsp3) is 0.143. The van der Waals surface area contributed by atoms with Gasteiger partial charge < -0.3 is 5.73 Å². The molecule has 0 spiro atoms. The molecule has 2 aromatic carbocycles. The summed E-state index contributed by atoms with van der Waals surface area (Å²) in [5.74, 6) is -1.70. The quantitative estimate of drug-likeness (QED) is 0.912. The monoisotopic (exact) mass is 299 g/mol. The fourth-order valence-corrected chi connectivity index (χ4v) is 2.85. The van der Waals surface area contributed by atoms with Crippen molar-refractivity contribution in [1.82, 2.24) is 0 Å². The minimum absolute atomic E-state index is 0.537. The Labute approximate surface area is 119 Å². The highest BCUT2D eigenvalue weighted by Crippen LogP contribution is 2.31. The van der Waals surface area contributed by atoms with E-state index in [1.807, 2.05) is 12.1 Å². The van der Waals surface area contributed by atoms with Crippen molar-refractivity contribution in [2.45, 2.75) is 16.2 Å². The first-order chi connectivity index (χ1) is 9.10. The number of benzene rings is 2. The highest BCUT2D eigenvalue weighted by molar-refractivity contribution is 7.99. The molecule has 2 aromatic rings. The first kappa shape index (κ1) is 14.3. The Morgan fingerprint density at radius 3 is 2.32 bits per heavy atom. The summed E-state index contributed by atoms with van der Waals surface area (Å²) in [6.45, 7) is 0.537. The molecule has 0 fully saturated rings. The lowest BCUT2D eigenvalue weighted by Crippen LogP contribution is -2.02. The van der Waals surface area contributed by atoms with Gasteiger partial charge in [-0.15, -0.1) is 0 Å². The smallest absolute Gasteiger partial charge is 0.159 e. The molecule has 0 aliphatic heterocycles. The highest BCUT2D eigenvalue weighted by atomic mass is 35.5. The van der Waals surface area contributed by atoms with Gasteiger partial charge in [-0.3, -0.25) is 0 Å². The molecule has 0 amide bonds. The lowest BCUT2D eigenvalue weighted by atomic mass is 10.1. The number of halogens is 3. The molecule has 2 rings (SSSR count). The summed E-state index contributed by atoms with van der Waals surface area (Å²) in [5.41, 5.74) is 6.47. The molecule has 0 heterocycles. The van der Waals surface area contributed by atoms with E-state index in [0.717, 1.165) is 22.9 Å². The summed E-state index contributed by atoms with van der Waals surface area (Å²) in [4.78, 5) is 1.50. The van der Waals surface area contributed by atoms with E-state index in [4.69, 9.17) is 17.3 Å². The van der Waals surface area contributed by atoms with Gasteiger partial charge in [0.2, 0.25) is 0 Å². The molecule has 0 radical (unpaired) electrons. The molecular formula is C14H12ClF2NS. The summed E-state index contributed by atoms with van der Waals surface area (Å²) >= 11 is 7.46. The van der Waals surface area contributed by atoms with E-state index >= 15 is 0 Å². The van der Waals surface area contributed by atoms with Gasteiger partial charge in [-0.05, 0) is 48.9 Å². The fourth-order valence-electron chi connectivity index (χ4n) is 1.63. The van der Waals surface area contributed by atoms with Crippen molar-refractivity contribution in [2.75, 3.05) is 6.54 Å². The molecule has 1 nitrogen and oxygen atoms in total. The van der Waals surface area contributed by atoms with Gasteiger partial charge in [0.1, 0.15) is 0 Å². The second-order valence-corrected chi connectivity index (χ2v) is 5.52. The SMILES string of the molecule is NCCc1ccc(Sc2ccc(F)c(F)c2)cc1Cl. The zero-order valence-corrected chi connectivity index (χ0v) is 11.6. The molecular weight excluding hydrogens is 288 g/mol. The second-order valence-electron chi connectivity index (χ2n) is 3.97. The number of hydrogen-bond acceptors (Lipinski definition) is 2. The normalized spacial score (nSPS) is 10.7. The second kappa shape index (κ2) is 6.37. The van der Waals surface area contributed by atoms with E-state index in [1.165, 1.54) is 23.9 Å². The van der Waals surface area contributed by atoms with Crippen molar-refractivity contribution < 1.29 is 8.78 Å². The minimum Gasteiger partial charge on any atom is -0.330 e. The zero-order chi connectivity index (χ0) is 13.8. The van der Waals surface area contributed by atoms with Crippen molar-refractivity contribution in [3.63, 3.8) is 0 Å². The van der Waals surface area contributed by atoms with E-state index in [0.29, 0.717) is 16.5 Å². The largest absolute Gasteiger partial charge is 0.330 e. The molecule has 0 unspecified atom stereocenters. The average Bonchev–Trinajstić information content (AvgIpc) is 2.37. The van der Waals surface area contributed by atoms with Crippen LogP contribution in [0.4, 0.5) is 8.78 Å². The lowest BCUT2D eigenvalue weighted by Gasteiger charge is -2.06. The third kappa shape index (κ3) is 3.69. The van der Waals surface area contributed by atoms with E-state index in [9.17, 15) is 8.78 Å². The Hall–Kier alpha value is -1.10. The standard InChI is InChI=1S/C14H12ClF2NS/c15-12-7-10(2-1-9(12)5-6-18)19-11-3-4-13(16)14(17)8-11/h1-4,7-8H,5-6,18H2. The molecule has 0 aliphatic carbocycles. The van der Waals surface area contributed by atoms with Crippen molar-refractivity contribution in [1.29, 1.82) is 0 Å². The number of nitrogens with two attached hydrogens (primary N) is 1. The summed E-state index contributed by atoms with van der Waals surface area (Å²) in [6.07, 6.45) is 0.717. The average molecular weight is 300 g/mol. The van der Waals surface area contributed by atoms with Gasteiger partial charge in [-0.1, -0.05) is 29.4 Å². The van der Waals surface area contributed by atoms with Gasteiger partial charge in [0.15, 0.2) is 11.6 Å². The molecule has 100 valence electrons. The van der Waals surface area contributed by atoms with Crippen LogP contribution >= 0.6 is 23.4 Å². The van der Waals surface area contributed by atoms with E-state index in [1.54, 1.807) is 6.07 Å².